The number of likely N-dealkylation sites (tertiary alicyclic amines) is 1. The van der Waals surface area contributed by atoms with Crippen LogP contribution in [0.1, 0.15) is 60.8 Å². The molecule has 1 aliphatic carbocycles. The van der Waals surface area contributed by atoms with E-state index in [4.69, 9.17) is 10.5 Å². The van der Waals surface area contributed by atoms with Crippen LogP contribution in [0.5, 0.6) is 0 Å². The first kappa shape index (κ1) is 23.4. The van der Waals surface area contributed by atoms with E-state index in [9.17, 15) is 14.4 Å². The second-order valence-corrected chi connectivity index (χ2v) is 9.81. The van der Waals surface area contributed by atoms with Gasteiger partial charge in [-0.2, -0.15) is 0 Å². The number of fused-ring (bicyclic) bond motifs is 1. The lowest BCUT2D eigenvalue weighted by atomic mass is 10.00. The number of carbonyl (C=O) groups excluding carboxylic acids is 3. The number of nitrogens with two attached hydrogens (primary N) is 1. The van der Waals surface area contributed by atoms with Crippen molar-refractivity contribution in [3.8, 4) is 0 Å². The minimum Gasteiger partial charge on any atom is -0.444 e. The molecule has 1 saturated heterocycles. The molecule has 1 unspecified atom stereocenters. The molecule has 8 nitrogen and oxygen atoms in total. The third-order valence-corrected chi connectivity index (χ3v) is 6.05. The predicted molar refractivity (Wildman–Crippen MR) is 111 cm³/mol. The number of likely N-dealkylation sites (N-methyl/N-ethyl adjacent to an activating group) is 1. The van der Waals surface area contributed by atoms with Gasteiger partial charge in [0.1, 0.15) is 17.7 Å². The van der Waals surface area contributed by atoms with Crippen molar-refractivity contribution in [3.05, 3.63) is 0 Å². The molecule has 2 rings (SSSR count). The van der Waals surface area contributed by atoms with Gasteiger partial charge in [-0.25, -0.2) is 4.79 Å². The molecule has 1 aliphatic heterocycles. The van der Waals surface area contributed by atoms with Crippen molar-refractivity contribution in [2.24, 2.45) is 17.6 Å². The second-order valence-electron chi connectivity index (χ2n) is 9.81. The largest absolute Gasteiger partial charge is 0.444 e. The summed E-state index contributed by atoms with van der Waals surface area (Å²) < 4.78 is 5.33. The third-order valence-electron chi connectivity index (χ3n) is 6.05. The molecule has 1 heterocycles. The molecule has 8 heteroatoms. The number of amides is 3. The highest BCUT2D eigenvalue weighted by Gasteiger charge is 2.46. The molecule has 0 aromatic heterocycles. The van der Waals surface area contributed by atoms with Crippen LogP contribution in [0.2, 0.25) is 0 Å². The van der Waals surface area contributed by atoms with Gasteiger partial charge in [-0.1, -0.05) is 13.8 Å². The summed E-state index contributed by atoms with van der Waals surface area (Å²) >= 11 is 0. The lowest BCUT2D eigenvalue weighted by Crippen LogP contribution is -2.58. The number of nitrogens with zero attached hydrogens (tertiary/aromatic N) is 2. The summed E-state index contributed by atoms with van der Waals surface area (Å²) in [6, 6.07) is -1.34. The highest BCUT2D eigenvalue weighted by Crippen LogP contribution is 2.37. The van der Waals surface area contributed by atoms with Crippen LogP contribution in [0.25, 0.3) is 0 Å². The average molecular weight is 411 g/mol. The van der Waals surface area contributed by atoms with Gasteiger partial charge in [-0.3, -0.25) is 14.5 Å². The maximum absolute atomic E-state index is 13.3. The van der Waals surface area contributed by atoms with E-state index in [0.717, 1.165) is 19.3 Å². The van der Waals surface area contributed by atoms with E-state index in [1.807, 2.05) is 18.7 Å². The first-order chi connectivity index (χ1) is 13.3. The lowest BCUT2D eigenvalue weighted by Gasteiger charge is -2.34. The number of ether oxygens (including phenoxy) is 1. The molecular formula is C21H38N4O4. The van der Waals surface area contributed by atoms with Gasteiger partial charge in [0.25, 0.3) is 0 Å². The molecule has 1 saturated carbocycles. The number of hydrogen-bond donors (Lipinski definition) is 2. The molecule has 0 spiro atoms. The Morgan fingerprint density at radius 3 is 2.31 bits per heavy atom. The molecule has 166 valence electrons. The number of nitrogens with one attached hydrogen (secondary N) is 1. The zero-order chi connectivity index (χ0) is 22.1. The molecule has 0 aromatic rings. The molecule has 0 aromatic carbocycles. The van der Waals surface area contributed by atoms with E-state index >= 15 is 0 Å². The topological polar surface area (TPSA) is 105 Å². The fraction of sp³-hybridized carbons (Fsp3) is 0.857. The molecule has 2 aliphatic rings. The van der Waals surface area contributed by atoms with Crippen LogP contribution < -0.4 is 11.1 Å². The molecule has 3 amide bonds. The van der Waals surface area contributed by atoms with E-state index in [-0.39, 0.29) is 29.8 Å². The average Bonchev–Trinajstić information content (AvgIpc) is 3.19. The van der Waals surface area contributed by atoms with Crippen LogP contribution in [0.15, 0.2) is 0 Å². The zero-order valence-corrected chi connectivity index (χ0v) is 18.9. The highest BCUT2D eigenvalue weighted by molar-refractivity contribution is 5.91. The second kappa shape index (κ2) is 8.90. The van der Waals surface area contributed by atoms with E-state index in [1.54, 1.807) is 27.7 Å². The molecule has 29 heavy (non-hydrogen) atoms. The van der Waals surface area contributed by atoms with Crippen molar-refractivity contribution in [3.63, 3.8) is 0 Å². The molecule has 0 radical (unpaired) electrons. The Morgan fingerprint density at radius 2 is 1.76 bits per heavy atom. The summed E-state index contributed by atoms with van der Waals surface area (Å²) in [5.74, 6) is -0.0703. The van der Waals surface area contributed by atoms with Crippen LogP contribution in [0, 0.1) is 11.8 Å². The normalized spacial score (nSPS) is 26.1. The SMILES string of the molecule is CC(C)[C@H](NC(=O)[C@H](C)N(C)C(=O)OC(C)(C)C)C(=O)N1CCC2CC[C@H](N)[C@H]21. The maximum atomic E-state index is 13.3. The monoisotopic (exact) mass is 410 g/mol. The Kier molecular flexibility index (Phi) is 7.19. The quantitative estimate of drug-likeness (QED) is 0.718. The summed E-state index contributed by atoms with van der Waals surface area (Å²) in [5, 5.41) is 2.87. The first-order valence-electron chi connectivity index (χ1n) is 10.7. The zero-order valence-electron chi connectivity index (χ0n) is 18.9. The van der Waals surface area contributed by atoms with Crippen LogP contribution in [0.3, 0.4) is 0 Å². The van der Waals surface area contributed by atoms with Crippen molar-refractivity contribution < 1.29 is 19.1 Å². The van der Waals surface area contributed by atoms with Crippen molar-refractivity contribution >= 4 is 17.9 Å². The third kappa shape index (κ3) is 5.41. The van der Waals surface area contributed by atoms with Gasteiger partial charge in [0, 0.05) is 25.7 Å². The molecule has 0 bridgehead atoms. The van der Waals surface area contributed by atoms with Crippen molar-refractivity contribution in [1.29, 1.82) is 0 Å². The highest BCUT2D eigenvalue weighted by atomic mass is 16.6. The van der Waals surface area contributed by atoms with E-state index in [1.165, 1.54) is 11.9 Å². The van der Waals surface area contributed by atoms with Crippen molar-refractivity contribution in [2.75, 3.05) is 13.6 Å². The van der Waals surface area contributed by atoms with Crippen LogP contribution in [-0.4, -0.2) is 71.1 Å². The van der Waals surface area contributed by atoms with Gasteiger partial charge in [0.2, 0.25) is 11.8 Å². The number of rotatable bonds is 5. The lowest BCUT2D eigenvalue weighted by molar-refractivity contribution is -0.139. The minimum absolute atomic E-state index is 0.00666. The predicted octanol–water partition coefficient (Wildman–Crippen LogP) is 1.72. The van der Waals surface area contributed by atoms with Gasteiger partial charge in [0.05, 0.1) is 0 Å². The van der Waals surface area contributed by atoms with Gasteiger partial charge in [0.15, 0.2) is 0 Å². The molecule has 2 fully saturated rings. The summed E-state index contributed by atoms with van der Waals surface area (Å²) in [4.78, 5) is 41.5. The fourth-order valence-corrected chi connectivity index (χ4v) is 4.24. The Hall–Kier alpha value is -1.83. The Labute approximate surface area is 174 Å². The van der Waals surface area contributed by atoms with E-state index in [2.05, 4.69) is 5.32 Å². The van der Waals surface area contributed by atoms with Crippen LogP contribution in [-0.2, 0) is 14.3 Å². The fourth-order valence-electron chi connectivity index (χ4n) is 4.24. The smallest absolute Gasteiger partial charge is 0.410 e. The van der Waals surface area contributed by atoms with E-state index < -0.39 is 23.8 Å². The van der Waals surface area contributed by atoms with Gasteiger partial charge in [-0.15, -0.1) is 0 Å². The molecule has 5 atom stereocenters. The Balaban J connectivity index is 2.05. The number of hydrogen-bond acceptors (Lipinski definition) is 5. The Morgan fingerprint density at radius 1 is 1.14 bits per heavy atom. The summed E-state index contributed by atoms with van der Waals surface area (Å²) in [5.41, 5.74) is 5.61. The van der Waals surface area contributed by atoms with Gasteiger partial charge < -0.3 is 20.7 Å². The van der Waals surface area contributed by atoms with Gasteiger partial charge >= 0.3 is 6.09 Å². The van der Waals surface area contributed by atoms with Crippen molar-refractivity contribution in [1.82, 2.24) is 15.1 Å². The van der Waals surface area contributed by atoms with Crippen LogP contribution >= 0.6 is 0 Å². The first-order valence-corrected chi connectivity index (χ1v) is 10.7. The summed E-state index contributed by atoms with van der Waals surface area (Å²) in [6.45, 7) is 11.4. The maximum Gasteiger partial charge on any atom is 0.410 e. The summed E-state index contributed by atoms with van der Waals surface area (Å²) in [6.07, 6.45) is 2.40. The van der Waals surface area contributed by atoms with Crippen LogP contribution in [0.4, 0.5) is 4.79 Å². The standard InChI is InChI=1S/C21H38N4O4/c1-12(2)16(19(27)25-11-10-14-8-9-15(22)17(14)25)23-18(26)13(3)24(7)20(28)29-21(4,5)6/h12-17H,8-11,22H2,1-7H3,(H,23,26)/t13-,14?,15-,16-,17-/m0/s1. The molecule has 3 N–H and O–H groups in total. The van der Waals surface area contributed by atoms with Gasteiger partial charge in [-0.05, 0) is 58.8 Å². The molecular weight excluding hydrogens is 372 g/mol. The number of carbonyl (C=O) groups is 3. The van der Waals surface area contributed by atoms with E-state index in [0.29, 0.717) is 12.5 Å². The minimum atomic E-state index is -0.765. The van der Waals surface area contributed by atoms with Crippen molar-refractivity contribution in [2.45, 2.75) is 90.6 Å². The Bertz CT molecular complexity index is 631. The summed E-state index contributed by atoms with van der Waals surface area (Å²) in [7, 11) is 1.52.